The Bertz CT molecular complexity index is 612. The predicted molar refractivity (Wildman–Crippen MR) is 69.6 cm³/mol. The van der Waals surface area contributed by atoms with Crippen molar-refractivity contribution in [2.24, 2.45) is 0 Å². The molecular weight excluding hydrogens is 263 g/mol. The van der Waals surface area contributed by atoms with Gasteiger partial charge in [-0.1, -0.05) is 6.07 Å². The number of carboxylic acids is 1. The van der Waals surface area contributed by atoms with Gasteiger partial charge in [0.2, 0.25) is 0 Å². The summed E-state index contributed by atoms with van der Waals surface area (Å²) >= 11 is 0. The Balaban J connectivity index is 1.95. The van der Waals surface area contributed by atoms with Gasteiger partial charge >= 0.3 is 5.97 Å². The number of carboxylic acid groups (broad SMARTS) is 1. The number of nitrogens with zero attached hydrogens (tertiary/aromatic N) is 3. The third kappa shape index (κ3) is 3.18. The molecular formula is C13H15FN4O2. The van der Waals surface area contributed by atoms with E-state index in [1.807, 2.05) is 11.5 Å². The molecule has 0 atom stereocenters. The number of aromatic carboxylic acids is 1. The van der Waals surface area contributed by atoms with Crippen LogP contribution in [0.4, 0.5) is 4.39 Å². The molecule has 0 saturated carbocycles. The molecule has 0 aliphatic rings. The Hall–Kier alpha value is -2.28. The molecule has 106 valence electrons. The number of nitrogens with one attached hydrogen (secondary N) is 1. The lowest BCUT2D eigenvalue weighted by Crippen LogP contribution is -2.16. The number of rotatable bonds is 6. The summed E-state index contributed by atoms with van der Waals surface area (Å²) < 4.78 is 15.4. The highest BCUT2D eigenvalue weighted by Crippen LogP contribution is 2.10. The summed E-state index contributed by atoms with van der Waals surface area (Å²) in [5.74, 6) is -1.19. The molecule has 7 heteroatoms. The lowest BCUT2D eigenvalue weighted by molar-refractivity contribution is 0.0692. The first-order valence-corrected chi connectivity index (χ1v) is 6.21. The maximum atomic E-state index is 13.5. The van der Waals surface area contributed by atoms with Crippen LogP contribution in [0.3, 0.4) is 0 Å². The van der Waals surface area contributed by atoms with Crippen molar-refractivity contribution >= 4 is 5.97 Å². The van der Waals surface area contributed by atoms with E-state index in [9.17, 15) is 9.18 Å². The minimum Gasteiger partial charge on any atom is -0.478 e. The standard InChI is InChI=1S/C13H15FN4O2/c1-2-18-8-16-17-12(18)7-15-6-9-3-4-10(13(19)20)11(14)5-9/h3-5,8,15H,2,6-7H2,1H3,(H,19,20). The number of halogens is 1. The Morgan fingerprint density at radius 1 is 1.45 bits per heavy atom. The zero-order chi connectivity index (χ0) is 14.5. The van der Waals surface area contributed by atoms with Crippen LogP contribution in [-0.2, 0) is 19.6 Å². The fourth-order valence-corrected chi connectivity index (χ4v) is 1.84. The summed E-state index contributed by atoms with van der Waals surface area (Å²) in [7, 11) is 0. The van der Waals surface area contributed by atoms with Crippen LogP contribution in [0.5, 0.6) is 0 Å². The second-order valence-corrected chi connectivity index (χ2v) is 4.26. The zero-order valence-corrected chi connectivity index (χ0v) is 11.0. The van der Waals surface area contributed by atoms with Crippen molar-refractivity contribution in [1.82, 2.24) is 20.1 Å². The van der Waals surface area contributed by atoms with Crippen molar-refractivity contribution in [3.05, 3.63) is 47.3 Å². The minimum absolute atomic E-state index is 0.320. The van der Waals surface area contributed by atoms with Gasteiger partial charge in [0.25, 0.3) is 0 Å². The van der Waals surface area contributed by atoms with E-state index in [-0.39, 0.29) is 5.56 Å². The van der Waals surface area contributed by atoms with E-state index in [0.29, 0.717) is 18.7 Å². The van der Waals surface area contributed by atoms with Gasteiger partial charge in [0.15, 0.2) is 0 Å². The Morgan fingerprint density at radius 3 is 2.90 bits per heavy atom. The topological polar surface area (TPSA) is 80.0 Å². The van der Waals surface area contributed by atoms with Gasteiger partial charge in [0.1, 0.15) is 18.0 Å². The van der Waals surface area contributed by atoms with Gasteiger partial charge in [-0.15, -0.1) is 10.2 Å². The second kappa shape index (κ2) is 6.25. The molecule has 2 rings (SSSR count). The van der Waals surface area contributed by atoms with Crippen LogP contribution in [0.25, 0.3) is 0 Å². The summed E-state index contributed by atoms with van der Waals surface area (Å²) in [5.41, 5.74) is 0.356. The van der Waals surface area contributed by atoms with E-state index >= 15 is 0 Å². The molecule has 0 spiro atoms. The van der Waals surface area contributed by atoms with Gasteiger partial charge in [-0.25, -0.2) is 9.18 Å². The van der Waals surface area contributed by atoms with Gasteiger partial charge in [-0.05, 0) is 24.6 Å². The molecule has 0 bridgehead atoms. The van der Waals surface area contributed by atoms with E-state index < -0.39 is 11.8 Å². The van der Waals surface area contributed by atoms with Gasteiger partial charge in [0, 0.05) is 13.1 Å². The van der Waals surface area contributed by atoms with Gasteiger partial charge < -0.3 is 15.0 Å². The molecule has 0 saturated heterocycles. The summed E-state index contributed by atoms with van der Waals surface area (Å²) in [6, 6.07) is 4.08. The second-order valence-electron chi connectivity index (χ2n) is 4.26. The summed E-state index contributed by atoms with van der Waals surface area (Å²) in [4.78, 5) is 10.7. The molecule has 1 heterocycles. The molecule has 0 aliphatic carbocycles. The molecule has 2 aromatic rings. The fraction of sp³-hybridized carbons (Fsp3) is 0.308. The normalized spacial score (nSPS) is 10.7. The predicted octanol–water partition coefficient (Wildman–Crippen LogP) is 1.43. The molecule has 0 radical (unpaired) electrons. The lowest BCUT2D eigenvalue weighted by Gasteiger charge is -2.06. The highest BCUT2D eigenvalue weighted by atomic mass is 19.1. The summed E-state index contributed by atoms with van der Waals surface area (Å²) in [6.07, 6.45) is 1.65. The molecule has 6 nitrogen and oxygen atoms in total. The van der Waals surface area contributed by atoms with Gasteiger partial charge in [-0.2, -0.15) is 0 Å². The number of hydrogen-bond donors (Lipinski definition) is 2. The Labute approximate surface area is 115 Å². The van der Waals surface area contributed by atoms with Crippen LogP contribution in [-0.4, -0.2) is 25.8 Å². The SMILES string of the molecule is CCn1cnnc1CNCc1ccc(C(=O)O)c(F)c1. The first-order valence-electron chi connectivity index (χ1n) is 6.21. The maximum absolute atomic E-state index is 13.5. The van der Waals surface area contributed by atoms with Crippen molar-refractivity contribution in [3.8, 4) is 0 Å². The third-order valence-electron chi connectivity index (χ3n) is 2.91. The van der Waals surface area contributed by atoms with E-state index in [1.54, 1.807) is 12.4 Å². The monoisotopic (exact) mass is 278 g/mol. The average Bonchev–Trinajstić information content (AvgIpc) is 2.86. The number of benzene rings is 1. The first kappa shape index (κ1) is 14.1. The number of hydrogen-bond acceptors (Lipinski definition) is 4. The summed E-state index contributed by atoms with van der Waals surface area (Å²) in [6.45, 7) is 3.71. The van der Waals surface area contributed by atoms with Crippen LogP contribution in [0.2, 0.25) is 0 Å². The third-order valence-corrected chi connectivity index (χ3v) is 2.91. The van der Waals surface area contributed by atoms with Crippen LogP contribution in [0, 0.1) is 5.82 Å². The van der Waals surface area contributed by atoms with Crippen molar-refractivity contribution in [1.29, 1.82) is 0 Å². The molecule has 2 N–H and O–H groups in total. The van der Waals surface area contributed by atoms with Crippen LogP contribution in [0.1, 0.15) is 28.7 Å². The molecule has 0 unspecified atom stereocenters. The lowest BCUT2D eigenvalue weighted by atomic mass is 10.1. The maximum Gasteiger partial charge on any atom is 0.338 e. The molecule has 0 aliphatic heterocycles. The summed E-state index contributed by atoms with van der Waals surface area (Å²) in [5, 5.41) is 19.6. The molecule has 0 amide bonds. The number of aromatic nitrogens is 3. The first-order chi connectivity index (χ1) is 9.61. The quantitative estimate of drug-likeness (QED) is 0.835. The highest BCUT2D eigenvalue weighted by molar-refractivity contribution is 5.87. The smallest absolute Gasteiger partial charge is 0.338 e. The Kier molecular flexibility index (Phi) is 4.41. The van der Waals surface area contributed by atoms with Crippen LogP contribution < -0.4 is 5.32 Å². The highest BCUT2D eigenvalue weighted by Gasteiger charge is 2.10. The largest absolute Gasteiger partial charge is 0.478 e. The van der Waals surface area contributed by atoms with Crippen molar-refractivity contribution in [3.63, 3.8) is 0 Å². The average molecular weight is 278 g/mol. The number of aryl methyl sites for hydroxylation is 1. The van der Waals surface area contributed by atoms with Gasteiger partial charge in [0.05, 0.1) is 12.1 Å². The van der Waals surface area contributed by atoms with E-state index in [4.69, 9.17) is 5.11 Å². The van der Waals surface area contributed by atoms with E-state index in [2.05, 4.69) is 15.5 Å². The fourth-order valence-electron chi connectivity index (χ4n) is 1.84. The van der Waals surface area contributed by atoms with E-state index in [0.717, 1.165) is 12.4 Å². The van der Waals surface area contributed by atoms with Gasteiger partial charge in [-0.3, -0.25) is 0 Å². The van der Waals surface area contributed by atoms with Crippen LogP contribution in [0.15, 0.2) is 24.5 Å². The number of carbonyl (C=O) groups is 1. The minimum atomic E-state index is -1.27. The Morgan fingerprint density at radius 2 is 2.25 bits per heavy atom. The molecule has 20 heavy (non-hydrogen) atoms. The molecule has 0 fully saturated rings. The molecule has 1 aromatic carbocycles. The molecule has 1 aromatic heterocycles. The van der Waals surface area contributed by atoms with Crippen molar-refractivity contribution in [2.45, 2.75) is 26.6 Å². The van der Waals surface area contributed by atoms with E-state index in [1.165, 1.54) is 12.1 Å². The van der Waals surface area contributed by atoms with Crippen molar-refractivity contribution < 1.29 is 14.3 Å². The zero-order valence-electron chi connectivity index (χ0n) is 11.0. The van der Waals surface area contributed by atoms with Crippen LogP contribution >= 0.6 is 0 Å². The van der Waals surface area contributed by atoms with Crippen molar-refractivity contribution in [2.75, 3.05) is 0 Å².